The molecule has 1 aliphatic heterocycles. The van der Waals surface area contributed by atoms with Crippen LogP contribution in [0.3, 0.4) is 0 Å². The Morgan fingerprint density at radius 1 is 1.05 bits per heavy atom. The summed E-state index contributed by atoms with van der Waals surface area (Å²) in [6.07, 6.45) is 3.50. The number of hydrogen-bond acceptors (Lipinski definition) is 6. The summed E-state index contributed by atoms with van der Waals surface area (Å²) in [5, 5.41) is 10.2. The molecule has 9 heteroatoms. The van der Waals surface area contributed by atoms with Crippen LogP contribution in [0.15, 0.2) is 104 Å². The van der Waals surface area contributed by atoms with Crippen LogP contribution in [0.5, 0.6) is 0 Å². The van der Waals surface area contributed by atoms with Crippen molar-refractivity contribution in [3.8, 4) is 11.3 Å². The Kier molecular flexibility index (Phi) is 5.97. The van der Waals surface area contributed by atoms with Crippen molar-refractivity contribution in [1.29, 1.82) is 0 Å². The topological polar surface area (TPSA) is 105 Å². The predicted molar refractivity (Wildman–Crippen MR) is 146 cm³/mol. The molecule has 0 saturated heterocycles. The number of aromatic amines is 1. The van der Waals surface area contributed by atoms with Crippen LogP contribution in [-0.4, -0.2) is 20.7 Å². The SMILES string of the molecule is CC1=C(C(=O)Nc2ccccc2)C(c2ccc(C)o2)n2c(sc(=Cc3cn[nH]c3-c3ccccc3)c2=O)=N1. The van der Waals surface area contributed by atoms with Crippen molar-refractivity contribution in [3.63, 3.8) is 0 Å². The number of rotatable bonds is 5. The second-order valence-corrected chi connectivity index (χ2v) is 9.93. The molecule has 38 heavy (non-hydrogen) atoms. The molecule has 1 aliphatic rings. The highest BCUT2D eigenvalue weighted by atomic mass is 32.1. The maximum atomic E-state index is 13.9. The molecular formula is C29H23N5O3S. The lowest BCUT2D eigenvalue weighted by Gasteiger charge is -2.23. The Morgan fingerprint density at radius 2 is 1.79 bits per heavy atom. The Labute approximate surface area is 221 Å². The van der Waals surface area contributed by atoms with Gasteiger partial charge in [-0.25, -0.2) is 4.99 Å². The number of H-pyrrole nitrogens is 1. The van der Waals surface area contributed by atoms with Crippen molar-refractivity contribution < 1.29 is 9.21 Å². The molecule has 0 bridgehead atoms. The van der Waals surface area contributed by atoms with E-state index in [-0.39, 0.29) is 11.5 Å². The number of nitrogens with zero attached hydrogens (tertiary/aromatic N) is 3. The van der Waals surface area contributed by atoms with E-state index in [1.165, 1.54) is 11.3 Å². The quantitative estimate of drug-likeness (QED) is 0.362. The van der Waals surface area contributed by atoms with Crippen molar-refractivity contribution in [2.24, 2.45) is 4.99 Å². The molecule has 4 heterocycles. The van der Waals surface area contributed by atoms with Gasteiger partial charge in [-0.1, -0.05) is 59.9 Å². The van der Waals surface area contributed by atoms with E-state index in [1.54, 1.807) is 23.8 Å². The Balaban J connectivity index is 1.49. The average molecular weight is 522 g/mol. The van der Waals surface area contributed by atoms with Gasteiger partial charge >= 0.3 is 0 Å². The van der Waals surface area contributed by atoms with Crippen LogP contribution in [0.1, 0.15) is 30.0 Å². The molecule has 0 saturated carbocycles. The van der Waals surface area contributed by atoms with Crippen LogP contribution in [-0.2, 0) is 4.79 Å². The first-order valence-corrected chi connectivity index (χ1v) is 12.9. The number of carbonyl (C=O) groups excluding carboxylic acids is 1. The molecule has 2 aromatic carbocycles. The minimum Gasteiger partial charge on any atom is -0.464 e. The zero-order chi connectivity index (χ0) is 26.2. The van der Waals surface area contributed by atoms with E-state index in [9.17, 15) is 9.59 Å². The van der Waals surface area contributed by atoms with Crippen LogP contribution in [0.4, 0.5) is 5.69 Å². The smallest absolute Gasteiger partial charge is 0.271 e. The largest absolute Gasteiger partial charge is 0.464 e. The van der Waals surface area contributed by atoms with E-state index in [0.29, 0.717) is 37.8 Å². The number of thiazole rings is 1. The number of allylic oxidation sites excluding steroid dienone is 1. The summed E-state index contributed by atoms with van der Waals surface area (Å²) in [4.78, 5) is 32.6. The number of aromatic nitrogens is 3. The number of para-hydroxylation sites is 1. The number of carbonyl (C=O) groups is 1. The first kappa shape index (κ1) is 23.6. The molecule has 0 fully saturated rings. The van der Waals surface area contributed by atoms with Crippen molar-refractivity contribution in [2.75, 3.05) is 5.32 Å². The van der Waals surface area contributed by atoms with Crippen LogP contribution in [0.25, 0.3) is 17.3 Å². The lowest BCUT2D eigenvalue weighted by Crippen LogP contribution is -2.40. The lowest BCUT2D eigenvalue weighted by molar-refractivity contribution is -0.113. The maximum Gasteiger partial charge on any atom is 0.271 e. The minimum atomic E-state index is -0.760. The number of fused-ring (bicyclic) bond motifs is 1. The molecule has 6 rings (SSSR count). The van der Waals surface area contributed by atoms with Gasteiger partial charge in [0.25, 0.3) is 11.5 Å². The molecule has 0 radical (unpaired) electrons. The van der Waals surface area contributed by atoms with E-state index in [0.717, 1.165) is 16.8 Å². The lowest BCUT2D eigenvalue weighted by atomic mass is 10.00. The van der Waals surface area contributed by atoms with Crippen LogP contribution >= 0.6 is 11.3 Å². The van der Waals surface area contributed by atoms with Gasteiger partial charge in [0.1, 0.15) is 17.6 Å². The first-order valence-electron chi connectivity index (χ1n) is 12.0. The number of aryl methyl sites for hydroxylation is 1. The molecule has 2 N–H and O–H groups in total. The fourth-order valence-corrected chi connectivity index (χ4v) is 5.62. The number of nitrogens with one attached hydrogen (secondary N) is 2. The summed E-state index contributed by atoms with van der Waals surface area (Å²) < 4.78 is 8.00. The zero-order valence-electron chi connectivity index (χ0n) is 20.6. The van der Waals surface area contributed by atoms with Gasteiger partial charge in [0, 0.05) is 16.8 Å². The third kappa shape index (κ3) is 4.22. The van der Waals surface area contributed by atoms with Crippen molar-refractivity contribution in [1.82, 2.24) is 14.8 Å². The number of furan rings is 1. The second kappa shape index (κ2) is 9.60. The van der Waals surface area contributed by atoms with E-state index in [2.05, 4.69) is 20.5 Å². The van der Waals surface area contributed by atoms with Gasteiger partial charge in [-0.2, -0.15) is 5.10 Å². The predicted octanol–water partition coefficient (Wildman–Crippen LogP) is 4.17. The number of benzene rings is 2. The summed E-state index contributed by atoms with van der Waals surface area (Å²) in [7, 11) is 0. The van der Waals surface area contributed by atoms with E-state index < -0.39 is 6.04 Å². The standard InChI is InChI=1S/C29H23N5O3S/c1-17-13-14-22(37-17)26-24(27(35)32-21-11-7-4-8-12-21)18(2)31-29-34(26)28(36)23(38-29)15-20-16-30-33-25(20)19-9-5-3-6-10-19/h3-16,26H,1-2H3,(H,30,33)(H,32,35). The minimum absolute atomic E-state index is 0.259. The van der Waals surface area contributed by atoms with E-state index in [4.69, 9.17) is 4.42 Å². The highest BCUT2D eigenvalue weighted by Crippen LogP contribution is 2.32. The number of anilines is 1. The Morgan fingerprint density at radius 3 is 2.50 bits per heavy atom. The summed E-state index contributed by atoms with van der Waals surface area (Å²) in [5.74, 6) is 0.841. The molecule has 188 valence electrons. The van der Waals surface area contributed by atoms with E-state index >= 15 is 0 Å². The highest BCUT2D eigenvalue weighted by molar-refractivity contribution is 7.07. The third-order valence-electron chi connectivity index (χ3n) is 6.35. The third-order valence-corrected chi connectivity index (χ3v) is 7.33. The van der Waals surface area contributed by atoms with Crippen LogP contribution < -0.4 is 20.2 Å². The Bertz CT molecular complexity index is 1860. The van der Waals surface area contributed by atoms with Crippen molar-refractivity contribution in [3.05, 3.63) is 127 Å². The van der Waals surface area contributed by atoms with E-state index in [1.807, 2.05) is 79.7 Å². The van der Waals surface area contributed by atoms with Gasteiger partial charge in [-0.15, -0.1) is 0 Å². The van der Waals surface area contributed by atoms with Gasteiger partial charge in [-0.3, -0.25) is 19.3 Å². The molecule has 5 aromatic rings. The second-order valence-electron chi connectivity index (χ2n) is 8.92. The number of hydrogen-bond donors (Lipinski definition) is 2. The summed E-state index contributed by atoms with van der Waals surface area (Å²) in [6.45, 7) is 3.61. The summed E-state index contributed by atoms with van der Waals surface area (Å²) in [5.41, 5.74) is 3.83. The molecular weight excluding hydrogens is 498 g/mol. The Hall–Kier alpha value is -4.76. The maximum absolute atomic E-state index is 13.9. The van der Waals surface area contributed by atoms with Gasteiger partial charge in [-0.05, 0) is 44.2 Å². The zero-order valence-corrected chi connectivity index (χ0v) is 21.5. The van der Waals surface area contributed by atoms with Gasteiger partial charge in [0.2, 0.25) is 0 Å². The molecule has 8 nitrogen and oxygen atoms in total. The molecule has 1 atom stereocenters. The van der Waals surface area contributed by atoms with Crippen molar-refractivity contribution >= 4 is 29.0 Å². The molecule has 1 unspecified atom stereocenters. The summed E-state index contributed by atoms with van der Waals surface area (Å²) in [6, 6.07) is 21.9. The highest BCUT2D eigenvalue weighted by Gasteiger charge is 2.34. The van der Waals surface area contributed by atoms with Crippen LogP contribution in [0.2, 0.25) is 0 Å². The fourth-order valence-electron chi connectivity index (χ4n) is 4.58. The number of amides is 1. The van der Waals surface area contributed by atoms with Gasteiger partial charge < -0.3 is 9.73 Å². The average Bonchev–Trinajstić information content (AvgIpc) is 3.64. The monoisotopic (exact) mass is 521 g/mol. The molecule has 0 spiro atoms. The first-order chi connectivity index (χ1) is 18.5. The van der Waals surface area contributed by atoms with Crippen molar-refractivity contribution in [2.45, 2.75) is 19.9 Å². The van der Waals surface area contributed by atoms with Gasteiger partial charge in [0.15, 0.2) is 4.80 Å². The van der Waals surface area contributed by atoms with Gasteiger partial charge in [0.05, 0.1) is 27.7 Å². The van der Waals surface area contributed by atoms with Crippen LogP contribution in [0, 0.1) is 6.92 Å². The fraction of sp³-hybridized carbons (Fsp3) is 0.103. The molecule has 3 aromatic heterocycles. The normalized spacial score (nSPS) is 15.3. The molecule has 0 aliphatic carbocycles. The molecule has 1 amide bonds. The summed E-state index contributed by atoms with van der Waals surface area (Å²) >= 11 is 1.27.